The van der Waals surface area contributed by atoms with Crippen LogP contribution in [0.25, 0.3) is 11.1 Å². The third-order valence-corrected chi connectivity index (χ3v) is 5.79. The Morgan fingerprint density at radius 2 is 1.52 bits per heavy atom. The van der Waals surface area contributed by atoms with Crippen molar-refractivity contribution < 1.29 is 19.4 Å². The standard InChI is InChI=1S/C26H25NO4/c1-17-10-12-18(13-11-17)14-19(25(28)29)15-27-26(30)31-16-24-22-8-4-2-6-20(22)21-7-3-5-9-23(21)24/h2-13,19,24H,14-16H2,1H3,(H,27,30)(H,28,29)/t19-/m1/s1. The molecule has 31 heavy (non-hydrogen) atoms. The summed E-state index contributed by atoms with van der Waals surface area (Å²) in [4.78, 5) is 24.0. The highest BCUT2D eigenvalue weighted by Crippen LogP contribution is 2.44. The molecule has 0 spiro atoms. The minimum atomic E-state index is -0.945. The quantitative estimate of drug-likeness (QED) is 0.582. The van der Waals surface area contributed by atoms with Crippen LogP contribution in [0.2, 0.25) is 0 Å². The van der Waals surface area contributed by atoms with E-state index in [1.807, 2.05) is 55.5 Å². The van der Waals surface area contributed by atoms with Crippen LogP contribution in [0.15, 0.2) is 72.8 Å². The first-order valence-electron chi connectivity index (χ1n) is 10.4. The number of rotatable bonds is 7. The van der Waals surface area contributed by atoms with Crippen molar-refractivity contribution in [3.63, 3.8) is 0 Å². The van der Waals surface area contributed by atoms with E-state index in [0.29, 0.717) is 6.42 Å². The van der Waals surface area contributed by atoms with Crippen molar-refractivity contribution in [2.75, 3.05) is 13.2 Å². The Labute approximate surface area is 181 Å². The normalized spacial score (nSPS) is 13.2. The Balaban J connectivity index is 1.36. The number of ether oxygens (including phenoxy) is 1. The zero-order valence-corrected chi connectivity index (χ0v) is 17.4. The van der Waals surface area contributed by atoms with Gasteiger partial charge >= 0.3 is 12.1 Å². The van der Waals surface area contributed by atoms with E-state index >= 15 is 0 Å². The number of nitrogens with one attached hydrogen (secondary N) is 1. The second-order valence-corrected chi connectivity index (χ2v) is 7.93. The van der Waals surface area contributed by atoms with Gasteiger partial charge in [-0.05, 0) is 41.2 Å². The van der Waals surface area contributed by atoms with Gasteiger partial charge < -0.3 is 15.2 Å². The summed E-state index contributed by atoms with van der Waals surface area (Å²) in [5.41, 5.74) is 6.64. The summed E-state index contributed by atoms with van der Waals surface area (Å²) in [7, 11) is 0. The fraction of sp³-hybridized carbons (Fsp3) is 0.231. The Morgan fingerprint density at radius 3 is 2.10 bits per heavy atom. The molecule has 0 bridgehead atoms. The van der Waals surface area contributed by atoms with Gasteiger partial charge in [-0.3, -0.25) is 4.79 Å². The molecule has 1 aliphatic carbocycles. The van der Waals surface area contributed by atoms with Crippen LogP contribution in [0.3, 0.4) is 0 Å². The number of amides is 1. The molecule has 5 nitrogen and oxygen atoms in total. The summed E-state index contributed by atoms with van der Waals surface area (Å²) in [5.74, 6) is -1.69. The van der Waals surface area contributed by atoms with Crippen molar-refractivity contribution in [2.45, 2.75) is 19.3 Å². The van der Waals surface area contributed by atoms with Gasteiger partial charge in [0.05, 0.1) is 5.92 Å². The molecule has 0 aromatic heterocycles. The first-order chi connectivity index (χ1) is 15.0. The maximum atomic E-state index is 12.3. The van der Waals surface area contributed by atoms with Crippen LogP contribution in [-0.4, -0.2) is 30.3 Å². The number of carbonyl (C=O) groups excluding carboxylic acids is 1. The van der Waals surface area contributed by atoms with Crippen molar-refractivity contribution in [1.82, 2.24) is 5.32 Å². The second kappa shape index (κ2) is 9.04. The van der Waals surface area contributed by atoms with Gasteiger partial charge in [-0.15, -0.1) is 0 Å². The number of fused-ring (bicyclic) bond motifs is 3. The third-order valence-electron chi connectivity index (χ3n) is 5.79. The topological polar surface area (TPSA) is 75.6 Å². The van der Waals surface area contributed by atoms with E-state index in [-0.39, 0.29) is 19.1 Å². The second-order valence-electron chi connectivity index (χ2n) is 7.93. The first kappa shape index (κ1) is 20.7. The Hall–Kier alpha value is -3.60. The lowest BCUT2D eigenvalue weighted by Crippen LogP contribution is -2.35. The Morgan fingerprint density at radius 1 is 0.935 bits per heavy atom. The summed E-state index contributed by atoms with van der Waals surface area (Å²) in [6.07, 6.45) is -0.253. The lowest BCUT2D eigenvalue weighted by molar-refractivity contribution is -0.141. The number of aliphatic carboxylic acids is 1. The molecule has 0 unspecified atom stereocenters. The molecule has 3 aromatic rings. The predicted molar refractivity (Wildman–Crippen MR) is 119 cm³/mol. The maximum Gasteiger partial charge on any atom is 0.407 e. The zero-order valence-electron chi connectivity index (χ0n) is 17.4. The third kappa shape index (κ3) is 4.61. The highest BCUT2D eigenvalue weighted by molar-refractivity contribution is 5.79. The van der Waals surface area contributed by atoms with Gasteiger partial charge in [0.1, 0.15) is 6.61 Å². The highest BCUT2D eigenvalue weighted by Gasteiger charge is 2.29. The van der Waals surface area contributed by atoms with E-state index in [9.17, 15) is 14.7 Å². The fourth-order valence-corrected chi connectivity index (χ4v) is 4.11. The molecule has 0 aliphatic heterocycles. The summed E-state index contributed by atoms with van der Waals surface area (Å²) in [6, 6.07) is 24.0. The minimum absolute atomic E-state index is 0.0138. The smallest absolute Gasteiger partial charge is 0.407 e. The molecule has 3 aromatic carbocycles. The number of benzene rings is 3. The van der Waals surface area contributed by atoms with E-state index in [4.69, 9.17) is 4.74 Å². The summed E-state index contributed by atoms with van der Waals surface area (Å²) >= 11 is 0. The predicted octanol–water partition coefficient (Wildman–Crippen LogP) is 4.78. The molecular formula is C26H25NO4. The van der Waals surface area contributed by atoms with Crippen LogP contribution in [0.1, 0.15) is 28.2 Å². The van der Waals surface area contributed by atoms with Crippen molar-refractivity contribution >= 4 is 12.1 Å². The van der Waals surface area contributed by atoms with Gasteiger partial charge in [0.25, 0.3) is 0 Å². The molecule has 0 heterocycles. The van der Waals surface area contributed by atoms with Crippen molar-refractivity contribution in [1.29, 1.82) is 0 Å². The largest absolute Gasteiger partial charge is 0.481 e. The van der Waals surface area contributed by atoms with E-state index in [1.54, 1.807) is 0 Å². The van der Waals surface area contributed by atoms with Crippen LogP contribution in [-0.2, 0) is 16.0 Å². The number of hydrogen-bond acceptors (Lipinski definition) is 3. The average molecular weight is 415 g/mol. The van der Waals surface area contributed by atoms with Crippen LogP contribution in [0.5, 0.6) is 0 Å². The number of hydrogen-bond donors (Lipinski definition) is 2. The van der Waals surface area contributed by atoms with Crippen molar-refractivity contribution in [3.05, 3.63) is 95.1 Å². The molecule has 1 aliphatic rings. The molecule has 1 amide bonds. The summed E-state index contributed by atoms with van der Waals surface area (Å²) < 4.78 is 5.49. The number of carboxylic acids is 1. The molecule has 4 rings (SSSR count). The Kier molecular flexibility index (Phi) is 6.03. The molecule has 5 heteroatoms. The molecule has 0 saturated heterocycles. The minimum Gasteiger partial charge on any atom is -0.481 e. The number of alkyl carbamates (subject to hydrolysis) is 1. The van der Waals surface area contributed by atoms with Crippen LogP contribution >= 0.6 is 0 Å². The molecule has 0 saturated carbocycles. The van der Waals surface area contributed by atoms with E-state index in [1.165, 1.54) is 0 Å². The molecule has 2 N–H and O–H groups in total. The molecular weight excluding hydrogens is 390 g/mol. The number of carboxylic acid groups (broad SMARTS) is 1. The molecule has 0 radical (unpaired) electrons. The van der Waals surface area contributed by atoms with Crippen LogP contribution in [0, 0.1) is 12.8 Å². The van der Waals surface area contributed by atoms with E-state index in [0.717, 1.165) is 33.4 Å². The van der Waals surface area contributed by atoms with Crippen LogP contribution in [0.4, 0.5) is 4.79 Å². The molecule has 158 valence electrons. The molecule has 1 atom stereocenters. The van der Waals surface area contributed by atoms with Crippen molar-refractivity contribution in [3.8, 4) is 11.1 Å². The lowest BCUT2D eigenvalue weighted by atomic mass is 9.98. The van der Waals surface area contributed by atoms with E-state index < -0.39 is 18.0 Å². The van der Waals surface area contributed by atoms with Gasteiger partial charge in [-0.2, -0.15) is 0 Å². The highest BCUT2D eigenvalue weighted by atomic mass is 16.5. The monoisotopic (exact) mass is 415 g/mol. The van der Waals surface area contributed by atoms with Gasteiger partial charge in [0.15, 0.2) is 0 Å². The summed E-state index contributed by atoms with van der Waals surface area (Å²) in [5, 5.41) is 12.2. The lowest BCUT2D eigenvalue weighted by Gasteiger charge is -2.16. The number of carbonyl (C=O) groups is 2. The first-order valence-corrected chi connectivity index (χ1v) is 10.4. The van der Waals surface area contributed by atoms with E-state index in [2.05, 4.69) is 29.6 Å². The van der Waals surface area contributed by atoms with Crippen molar-refractivity contribution in [2.24, 2.45) is 5.92 Å². The van der Waals surface area contributed by atoms with Gasteiger partial charge in [0.2, 0.25) is 0 Å². The van der Waals surface area contributed by atoms with Gasteiger partial charge in [-0.25, -0.2) is 4.79 Å². The number of aryl methyl sites for hydroxylation is 1. The van der Waals surface area contributed by atoms with Gasteiger partial charge in [0, 0.05) is 12.5 Å². The van der Waals surface area contributed by atoms with Crippen LogP contribution < -0.4 is 5.32 Å². The van der Waals surface area contributed by atoms with Gasteiger partial charge in [-0.1, -0.05) is 78.4 Å². The summed E-state index contributed by atoms with van der Waals surface area (Å²) in [6.45, 7) is 2.20. The molecule has 0 fully saturated rings. The maximum absolute atomic E-state index is 12.3. The Bertz CT molecular complexity index is 1050. The average Bonchev–Trinajstić information content (AvgIpc) is 3.10. The fourth-order valence-electron chi connectivity index (χ4n) is 4.11. The zero-order chi connectivity index (χ0) is 21.8. The SMILES string of the molecule is Cc1ccc(C[C@H](CNC(=O)OCC2c3ccccc3-c3ccccc32)C(=O)O)cc1.